The molecular formula is C15H17ClN2O2. The lowest BCUT2D eigenvalue weighted by atomic mass is 9.90. The van der Waals surface area contributed by atoms with Gasteiger partial charge < -0.3 is 10.2 Å². The summed E-state index contributed by atoms with van der Waals surface area (Å²) in [5.41, 5.74) is -0.313. The quantitative estimate of drug-likeness (QED) is 0.926. The van der Waals surface area contributed by atoms with E-state index in [-0.39, 0.29) is 24.8 Å². The molecule has 0 aliphatic carbocycles. The summed E-state index contributed by atoms with van der Waals surface area (Å²) in [5.74, 6) is -0.316. The fourth-order valence-electron chi connectivity index (χ4n) is 2.37. The fourth-order valence-corrected chi connectivity index (χ4v) is 2.52. The van der Waals surface area contributed by atoms with E-state index in [4.69, 9.17) is 11.6 Å². The van der Waals surface area contributed by atoms with Crippen molar-refractivity contribution in [3.8, 4) is 0 Å². The third-order valence-electron chi connectivity index (χ3n) is 3.43. The molecule has 20 heavy (non-hydrogen) atoms. The fraction of sp³-hybridized carbons (Fsp3) is 0.333. The van der Waals surface area contributed by atoms with Gasteiger partial charge in [0, 0.05) is 18.0 Å². The Balaban J connectivity index is 2.40. The minimum Gasteiger partial charge on any atom is -0.338 e. The lowest BCUT2D eigenvalue weighted by Gasteiger charge is -2.32. The average Bonchev–Trinajstić information content (AvgIpc) is 2.52. The SMILES string of the molecule is C=C(Cl)CN1CCC(=O)NC(C)(c2ccccc2)C1=O. The molecule has 1 atom stereocenters. The van der Waals surface area contributed by atoms with Crippen molar-refractivity contribution in [2.75, 3.05) is 13.1 Å². The Labute approximate surface area is 123 Å². The molecule has 106 valence electrons. The monoisotopic (exact) mass is 292 g/mol. The van der Waals surface area contributed by atoms with Gasteiger partial charge in [-0.25, -0.2) is 0 Å². The van der Waals surface area contributed by atoms with Crippen LogP contribution in [0.25, 0.3) is 0 Å². The molecule has 1 aromatic carbocycles. The van der Waals surface area contributed by atoms with Crippen LogP contribution in [0.2, 0.25) is 0 Å². The van der Waals surface area contributed by atoms with Crippen LogP contribution in [0.5, 0.6) is 0 Å². The van der Waals surface area contributed by atoms with Crippen LogP contribution in [-0.2, 0) is 15.1 Å². The molecule has 2 amide bonds. The maximum absolute atomic E-state index is 12.8. The summed E-state index contributed by atoms with van der Waals surface area (Å²) in [7, 11) is 0. The van der Waals surface area contributed by atoms with Crippen LogP contribution in [0.4, 0.5) is 0 Å². The predicted molar refractivity (Wildman–Crippen MR) is 78.1 cm³/mol. The van der Waals surface area contributed by atoms with Gasteiger partial charge in [-0.2, -0.15) is 0 Å². The normalized spacial score (nSPS) is 23.2. The zero-order chi connectivity index (χ0) is 14.8. The number of amides is 2. The third-order valence-corrected chi connectivity index (χ3v) is 3.55. The molecule has 0 saturated carbocycles. The van der Waals surface area contributed by atoms with Crippen molar-refractivity contribution in [1.29, 1.82) is 0 Å². The van der Waals surface area contributed by atoms with Crippen LogP contribution in [0.15, 0.2) is 41.9 Å². The third kappa shape index (κ3) is 2.85. The summed E-state index contributed by atoms with van der Waals surface area (Å²) in [4.78, 5) is 26.2. The molecule has 0 aromatic heterocycles. The summed E-state index contributed by atoms with van der Waals surface area (Å²) in [6.07, 6.45) is 0.262. The van der Waals surface area contributed by atoms with E-state index < -0.39 is 5.54 Å². The van der Waals surface area contributed by atoms with E-state index in [0.717, 1.165) is 5.56 Å². The molecule has 0 spiro atoms. The zero-order valence-corrected chi connectivity index (χ0v) is 12.1. The number of carbonyl (C=O) groups is 2. The van der Waals surface area contributed by atoms with Crippen molar-refractivity contribution in [3.63, 3.8) is 0 Å². The Morgan fingerprint density at radius 1 is 1.40 bits per heavy atom. The van der Waals surface area contributed by atoms with E-state index in [9.17, 15) is 9.59 Å². The van der Waals surface area contributed by atoms with Crippen molar-refractivity contribution in [2.24, 2.45) is 0 Å². The molecule has 1 heterocycles. The Kier molecular flexibility index (Phi) is 4.14. The van der Waals surface area contributed by atoms with Gasteiger partial charge in [0.1, 0.15) is 5.54 Å². The zero-order valence-electron chi connectivity index (χ0n) is 11.4. The first-order valence-corrected chi connectivity index (χ1v) is 6.80. The molecule has 4 nitrogen and oxygen atoms in total. The van der Waals surface area contributed by atoms with Gasteiger partial charge in [-0.3, -0.25) is 9.59 Å². The first-order chi connectivity index (χ1) is 9.43. The maximum Gasteiger partial charge on any atom is 0.253 e. The van der Waals surface area contributed by atoms with Crippen molar-refractivity contribution >= 4 is 23.4 Å². The van der Waals surface area contributed by atoms with E-state index in [2.05, 4.69) is 11.9 Å². The van der Waals surface area contributed by atoms with Crippen molar-refractivity contribution in [1.82, 2.24) is 10.2 Å². The molecule has 5 heteroatoms. The second-order valence-corrected chi connectivity index (χ2v) is 5.57. The molecule has 1 unspecified atom stereocenters. The van der Waals surface area contributed by atoms with Gasteiger partial charge in [0.2, 0.25) is 5.91 Å². The Hall–Kier alpha value is -1.81. The summed E-state index contributed by atoms with van der Waals surface area (Å²) in [5, 5.41) is 3.20. The highest BCUT2D eigenvalue weighted by molar-refractivity contribution is 6.29. The minimum absolute atomic E-state index is 0.146. The standard InChI is InChI=1S/C15H17ClN2O2/c1-11(16)10-18-9-8-13(19)17-15(2,14(18)20)12-6-4-3-5-7-12/h3-7H,1,8-10H2,2H3,(H,17,19). The van der Waals surface area contributed by atoms with E-state index in [1.807, 2.05) is 30.3 Å². The molecule has 1 N–H and O–H groups in total. The average molecular weight is 293 g/mol. The van der Waals surface area contributed by atoms with E-state index >= 15 is 0 Å². The van der Waals surface area contributed by atoms with Gasteiger partial charge >= 0.3 is 0 Å². The first kappa shape index (κ1) is 14.6. The molecule has 1 aromatic rings. The van der Waals surface area contributed by atoms with E-state index in [1.54, 1.807) is 11.8 Å². The maximum atomic E-state index is 12.8. The topological polar surface area (TPSA) is 49.4 Å². The molecule has 1 saturated heterocycles. The van der Waals surface area contributed by atoms with Gasteiger partial charge in [-0.15, -0.1) is 0 Å². The van der Waals surface area contributed by atoms with Crippen molar-refractivity contribution < 1.29 is 9.59 Å². The lowest BCUT2D eigenvalue weighted by Crippen LogP contribution is -2.52. The number of nitrogens with one attached hydrogen (secondary N) is 1. The summed E-state index contributed by atoms with van der Waals surface area (Å²) >= 11 is 5.81. The lowest BCUT2D eigenvalue weighted by molar-refractivity contribution is -0.138. The van der Waals surface area contributed by atoms with Gasteiger partial charge in [-0.05, 0) is 12.5 Å². The largest absolute Gasteiger partial charge is 0.338 e. The Morgan fingerprint density at radius 3 is 2.65 bits per heavy atom. The van der Waals surface area contributed by atoms with Gasteiger partial charge in [0.15, 0.2) is 0 Å². The van der Waals surface area contributed by atoms with Crippen LogP contribution < -0.4 is 5.32 Å². The van der Waals surface area contributed by atoms with Crippen LogP contribution >= 0.6 is 11.6 Å². The van der Waals surface area contributed by atoms with Gasteiger partial charge in [0.05, 0.1) is 6.54 Å². The number of hydrogen-bond acceptors (Lipinski definition) is 2. The highest BCUT2D eigenvalue weighted by atomic mass is 35.5. The van der Waals surface area contributed by atoms with Crippen LogP contribution in [0, 0.1) is 0 Å². The Bertz CT molecular complexity index is 544. The molecule has 0 bridgehead atoms. The molecule has 2 rings (SSSR count). The molecular weight excluding hydrogens is 276 g/mol. The number of rotatable bonds is 3. The predicted octanol–water partition coefficient (Wildman–Crippen LogP) is 2.00. The number of halogens is 1. The summed E-state index contributed by atoms with van der Waals surface area (Å²) in [6, 6.07) is 9.22. The van der Waals surface area contributed by atoms with E-state index in [0.29, 0.717) is 11.6 Å². The van der Waals surface area contributed by atoms with Crippen LogP contribution in [-0.4, -0.2) is 29.8 Å². The Morgan fingerprint density at radius 2 is 2.05 bits per heavy atom. The number of carbonyl (C=O) groups excluding carboxylic acids is 2. The number of nitrogens with zero attached hydrogens (tertiary/aromatic N) is 1. The highest BCUT2D eigenvalue weighted by Crippen LogP contribution is 2.26. The number of benzene rings is 1. The van der Waals surface area contributed by atoms with Crippen LogP contribution in [0.1, 0.15) is 18.9 Å². The first-order valence-electron chi connectivity index (χ1n) is 6.42. The second-order valence-electron chi connectivity index (χ2n) is 5.03. The molecule has 1 fully saturated rings. The number of hydrogen-bond donors (Lipinski definition) is 1. The van der Waals surface area contributed by atoms with Crippen molar-refractivity contribution in [3.05, 3.63) is 47.5 Å². The molecule has 0 radical (unpaired) electrons. The van der Waals surface area contributed by atoms with Gasteiger partial charge in [0.25, 0.3) is 5.91 Å². The highest BCUT2D eigenvalue weighted by Gasteiger charge is 2.41. The minimum atomic E-state index is -1.07. The van der Waals surface area contributed by atoms with Gasteiger partial charge in [-0.1, -0.05) is 48.5 Å². The second kappa shape index (κ2) is 5.67. The van der Waals surface area contributed by atoms with Crippen molar-refractivity contribution in [2.45, 2.75) is 18.9 Å². The summed E-state index contributed by atoms with van der Waals surface area (Å²) < 4.78 is 0. The van der Waals surface area contributed by atoms with E-state index in [1.165, 1.54) is 0 Å². The summed E-state index contributed by atoms with van der Waals surface area (Å²) in [6.45, 7) is 5.93. The molecule has 1 aliphatic rings. The molecule has 1 aliphatic heterocycles. The smallest absolute Gasteiger partial charge is 0.253 e. The van der Waals surface area contributed by atoms with Crippen LogP contribution in [0.3, 0.4) is 0 Å².